The third-order valence-electron chi connectivity index (χ3n) is 5.88. The number of hydrogen-bond donors (Lipinski definition) is 1. The predicted octanol–water partition coefficient (Wildman–Crippen LogP) is 6.41. The van der Waals surface area contributed by atoms with Gasteiger partial charge < -0.3 is 14.8 Å². The molecule has 0 aromatic heterocycles. The number of halogens is 2. The maximum absolute atomic E-state index is 13.5. The van der Waals surface area contributed by atoms with Crippen LogP contribution in [0.4, 0.5) is 5.69 Å². The topological polar surface area (TPSA) is 64.6 Å². The smallest absolute Gasteiger partial charge is 0.341 e. The van der Waals surface area contributed by atoms with Gasteiger partial charge in [0.05, 0.1) is 18.6 Å². The average Bonchev–Trinajstić information content (AvgIpc) is 3.25. The van der Waals surface area contributed by atoms with Gasteiger partial charge in [0.25, 0.3) is 0 Å². The zero-order chi connectivity index (χ0) is 22.6. The van der Waals surface area contributed by atoms with E-state index < -0.39 is 11.4 Å². The van der Waals surface area contributed by atoms with Crippen molar-refractivity contribution in [1.82, 2.24) is 0 Å². The van der Waals surface area contributed by atoms with E-state index in [0.29, 0.717) is 34.3 Å². The van der Waals surface area contributed by atoms with Gasteiger partial charge in [-0.15, -0.1) is 0 Å². The van der Waals surface area contributed by atoms with E-state index in [1.165, 1.54) is 7.11 Å². The van der Waals surface area contributed by atoms with E-state index in [1.807, 2.05) is 19.9 Å². The molecule has 7 heteroatoms. The number of amides is 1. The SMILES string of the molecule is CC[C@@H](C)Oc1ccc(NC(=O)C2(c3ccc(Cl)cc3Cl)CCCC2)cc1C(=O)OC. The van der Waals surface area contributed by atoms with Gasteiger partial charge in [-0.05, 0) is 62.1 Å². The molecule has 5 nitrogen and oxygen atoms in total. The molecule has 31 heavy (non-hydrogen) atoms. The van der Waals surface area contributed by atoms with E-state index in [2.05, 4.69) is 5.32 Å². The molecule has 0 aliphatic heterocycles. The summed E-state index contributed by atoms with van der Waals surface area (Å²) in [5.41, 5.74) is 0.807. The van der Waals surface area contributed by atoms with Gasteiger partial charge in [0.15, 0.2) is 0 Å². The van der Waals surface area contributed by atoms with Gasteiger partial charge >= 0.3 is 5.97 Å². The number of esters is 1. The van der Waals surface area contributed by atoms with E-state index >= 15 is 0 Å². The van der Waals surface area contributed by atoms with Gasteiger partial charge in [-0.3, -0.25) is 4.79 Å². The van der Waals surface area contributed by atoms with Gasteiger partial charge in [0.1, 0.15) is 11.3 Å². The Morgan fingerprint density at radius 1 is 1.13 bits per heavy atom. The normalized spacial score (nSPS) is 15.9. The van der Waals surface area contributed by atoms with Crippen LogP contribution in [0.1, 0.15) is 61.9 Å². The molecule has 0 spiro atoms. The number of benzene rings is 2. The maximum Gasteiger partial charge on any atom is 0.341 e. The molecule has 0 heterocycles. The lowest BCUT2D eigenvalue weighted by molar-refractivity contribution is -0.121. The first-order chi connectivity index (χ1) is 14.8. The first-order valence-corrected chi connectivity index (χ1v) is 11.2. The van der Waals surface area contributed by atoms with Gasteiger partial charge in [0.2, 0.25) is 5.91 Å². The Labute approximate surface area is 193 Å². The molecular weight excluding hydrogens is 437 g/mol. The molecule has 1 aliphatic carbocycles. The molecule has 1 N–H and O–H groups in total. The highest BCUT2D eigenvalue weighted by atomic mass is 35.5. The third kappa shape index (κ3) is 4.99. The number of hydrogen-bond acceptors (Lipinski definition) is 4. The van der Waals surface area contributed by atoms with Gasteiger partial charge in [-0.2, -0.15) is 0 Å². The van der Waals surface area contributed by atoms with Gasteiger partial charge in [-0.1, -0.05) is 49.0 Å². The Kier molecular flexibility index (Phi) is 7.50. The van der Waals surface area contributed by atoms with Crippen LogP contribution in [0.5, 0.6) is 5.75 Å². The average molecular weight is 464 g/mol. The first-order valence-electron chi connectivity index (χ1n) is 10.5. The number of nitrogens with one attached hydrogen (secondary N) is 1. The van der Waals surface area contributed by atoms with E-state index in [-0.39, 0.29) is 17.6 Å². The van der Waals surface area contributed by atoms with Crippen LogP contribution in [-0.2, 0) is 14.9 Å². The van der Waals surface area contributed by atoms with Crippen LogP contribution in [0.25, 0.3) is 0 Å². The molecule has 166 valence electrons. The van der Waals surface area contributed by atoms with Crippen molar-refractivity contribution in [3.63, 3.8) is 0 Å². The molecule has 0 bridgehead atoms. The van der Waals surface area contributed by atoms with Crippen molar-refractivity contribution in [2.45, 2.75) is 57.5 Å². The quantitative estimate of drug-likeness (QED) is 0.481. The monoisotopic (exact) mass is 463 g/mol. The van der Waals surface area contributed by atoms with E-state index in [1.54, 1.807) is 30.3 Å². The van der Waals surface area contributed by atoms with Crippen molar-refractivity contribution in [2.24, 2.45) is 0 Å². The van der Waals surface area contributed by atoms with Crippen LogP contribution in [0.2, 0.25) is 10.0 Å². The van der Waals surface area contributed by atoms with E-state index in [4.69, 9.17) is 32.7 Å². The van der Waals surface area contributed by atoms with Crippen molar-refractivity contribution in [1.29, 1.82) is 0 Å². The molecule has 2 aromatic carbocycles. The lowest BCUT2D eigenvalue weighted by Crippen LogP contribution is -2.38. The number of carbonyl (C=O) groups is 2. The number of anilines is 1. The summed E-state index contributed by atoms with van der Waals surface area (Å²) in [6.07, 6.45) is 3.99. The Morgan fingerprint density at radius 2 is 1.84 bits per heavy atom. The van der Waals surface area contributed by atoms with Crippen molar-refractivity contribution >= 4 is 40.8 Å². The van der Waals surface area contributed by atoms with E-state index in [9.17, 15) is 9.59 Å². The second kappa shape index (κ2) is 9.92. The largest absolute Gasteiger partial charge is 0.490 e. The van der Waals surface area contributed by atoms with Crippen molar-refractivity contribution in [3.8, 4) is 5.75 Å². The Balaban J connectivity index is 1.93. The highest BCUT2D eigenvalue weighted by molar-refractivity contribution is 6.35. The molecular formula is C24H27Cl2NO4. The third-order valence-corrected chi connectivity index (χ3v) is 6.43. The maximum atomic E-state index is 13.5. The first kappa shape index (κ1) is 23.4. The number of carbonyl (C=O) groups excluding carboxylic acids is 2. The highest BCUT2D eigenvalue weighted by Gasteiger charge is 2.44. The minimum absolute atomic E-state index is 0.0577. The van der Waals surface area contributed by atoms with Crippen LogP contribution in [0.15, 0.2) is 36.4 Å². The number of ether oxygens (including phenoxy) is 2. The minimum Gasteiger partial charge on any atom is -0.490 e. The zero-order valence-electron chi connectivity index (χ0n) is 18.0. The fraction of sp³-hybridized carbons (Fsp3) is 0.417. The number of methoxy groups -OCH3 is 1. The molecule has 0 saturated heterocycles. The highest BCUT2D eigenvalue weighted by Crippen LogP contribution is 2.45. The summed E-state index contributed by atoms with van der Waals surface area (Å²) >= 11 is 12.5. The minimum atomic E-state index is -0.737. The molecule has 0 unspecified atom stereocenters. The summed E-state index contributed by atoms with van der Waals surface area (Å²) in [6.45, 7) is 3.93. The van der Waals surface area contributed by atoms with Crippen LogP contribution < -0.4 is 10.1 Å². The Morgan fingerprint density at radius 3 is 2.45 bits per heavy atom. The molecule has 1 fully saturated rings. The fourth-order valence-corrected chi connectivity index (χ4v) is 4.60. The molecule has 1 atom stereocenters. The molecule has 0 radical (unpaired) electrons. The summed E-state index contributed by atoms with van der Waals surface area (Å²) in [5, 5.41) is 4.00. The summed E-state index contributed by atoms with van der Waals surface area (Å²) < 4.78 is 10.8. The number of rotatable bonds is 7. The summed E-state index contributed by atoms with van der Waals surface area (Å²) in [4.78, 5) is 25.8. The predicted molar refractivity (Wildman–Crippen MR) is 123 cm³/mol. The standard InChI is InChI=1S/C24H27Cl2NO4/c1-4-15(2)31-21-10-8-17(14-18(21)22(28)30-3)27-23(29)24(11-5-6-12-24)19-9-7-16(25)13-20(19)26/h7-10,13-15H,4-6,11-12H2,1-3H3,(H,27,29)/t15-/m1/s1. The van der Waals surface area contributed by atoms with Crippen LogP contribution in [0.3, 0.4) is 0 Å². The van der Waals surface area contributed by atoms with Gasteiger partial charge in [0, 0.05) is 15.7 Å². The van der Waals surface area contributed by atoms with Crippen LogP contribution >= 0.6 is 23.2 Å². The Bertz CT molecular complexity index is 970. The van der Waals surface area contributed by atoms with Gasteiger partial charge in [-0.25, -0.2) is 4.79 Å². The van der Waals surface area contributed by atoms with Crippen LogP contribution in [0, 0.1) is 0 Å². The zero-order valence-corrected chi connectivity index (χ0v) is 19.5. The van der Waals surface area contributed by atoms with E-state index in [0.717, 1.165) is 24.8 Å². The lowest BCUT2D eigenvalue weighted by Gasteiger charge is -2.29. The lowest BCUT2D eigenvalue weighted by atomic mass is 9.78. The molecule has 1 saturated carbocycles. The summed E-state index contributed by atoms with van der Waals surface area (Å²) in [6, 6.07) is 10.3. The molecule has 3 rings (SSSR count). The van der Waals surface area contributed by atoms with Crippen LogP contribution in [-0.4, -0.2) is 25.1 Å². The Hall–Kier alpha value is -2.24. The fourth-order valence-electron chi connectivity index (χ4n) is 4.01. The van der Waals surface area contributed by atoms with Crippen molar-refractivity contribution in [3.05, 3.63) is 57.6 Å². The summed E-state index contributed by atoms with van der Waals surface area (Å²) in [5.74, 6) is -0.248. The second-order valence-electron chi connectivity index (χ2n) is 7.91. The summed E-state index contributed by atoms with van der Waals surface area (Å²) in [7, 11) is 1.32. The van der Waals surface area contributed by atoms with Crippen molar-refractivity contribution in [2.75, 3.05) is 12.4 Å². The molecule has 1 amide bonds. The second-order valence-corrected chi connectivity index (χ2v) is 8.75. The molecule has 2 aromatic rings. The molecule has 1 aliphatic rings. The van der Waals surface area contributed by atoms with Crippen molar-refractivity contribution < 1.29 is 19.1 Å².